The Balaban J connectivity index is 2.23. The molecule has 0 saturated carbocycles. The van der Waals surface area contributed by atoms with E-state index in [1.807, 2.05) is 0 Å². The Hall–Kier alpha value is -0.580. The van der Waals surface area contributed by atoms with Gasteiger partial charge < -0.3 is 10.4 Å². The lowest BCUT2D eigenvalue weighted by Gasteiger charge is -2.23. The Morgan fingerprint density at radius 2 is 2.11 bits per heavy atom. The number of rotatable bonds is 3. The Kier molecular flexibility index (Phi) is 3.99. The van der Waals surface area contributed by atoms with Gasteiger partial charge in [-0.05, 0) is 45.1 Å². The van der Waals surface area contributed by atoms with Crippen LogP contribution >= 0.6 is 22.9 Å². The molecule has 1 aliphatic rings. The lowest BCUT2D eigenvalue weighted by Crippen LogP contribution is -2.46. The van der Waals surface area contributed by atoms with Gasteiger partial charge in [-0.3, -0.25) is 4.79 Å². The number of nitrogens with one attached hydrogen (secondary N) is 1. The number of thiophene rings is 1. The normalized spacial score (nSPS) is 15.3. The van der Waals surface area contributed by atoms with Crippen molar-refractivity contribution in [2.75, 3.05) is 6.61 Å². The van der Waals surface area contributed by atoms with E-state index in [1.54, 1.807) is 13.8 Å². The third-order valence-electron chi connectivity index (χ3n) is 3.16. The summed E-state index contributed by atoms with van der Waals surface area (Å²) in [6, 6.07) is 0. The van der Waals surface area contributed by atoms with E-state index >= 15 is 0 Å². The van der Waals surface area contributed by atoms with Crippen molar-refractivity contribution in [1.29, 1.82) is 0 Å². The van der Waals surface area contributed by atoms with Crippen LogP contribution < -0.4 is 5.32 Å². The molecule has 0 aromatic carbocycles. The van der Waals surface area contributed by atoms with Gasteiger partial charge in [0, 0.05) is 4.88 Å². The summed E-state index contributed by atoms with van der Waals surface area (Å²) in [6.07, 6.45) is 4.32. The van der Waals surface area contributed by atoms with Gasteiger partial charge in [0.05, 0.1) is 17.2 Å². The van der Waals surface area contributed by atoms with Crippen molar-refractivity contribution in [1.82, 2.24) is 5.32 Å². The standard InChI is InChI=1S/C13H18ClNO2S/c1-13(2,7-16)15-12(17)11-10(14)8-5-3-4-6-9(8)18-11/h16H,3-7H2,1-2H3,(H,15,17). The summed E-state index contributed by atoms with van der Waals surface area (Å²) in [5.74, 6) is -0.182. The quantitative estimate of drug-likeness (QED) is 0.898. The summed E-state index contributed by atoms with van der Waals surface area (Å²) >= 11 is 7.79. The monoisotopic (exact) mass is 287 g/mol. The van der Waals surface area contributed by atoms with Crippen LogP contribution in [0.5, 0.6) is 0 Å². The third kappa shape index (κ3) is 2.71. The first-order valence-electron chi connectivity index (χ1n) is 6.18. The molecule has 0 saturated heterocycles. The lowest BCUT2D eigenvalue weighted by molar-refractivity contribution is 0.0873. The summed E-state index contributed by atoms with van der Waals surface area (Å²) in [6.45, 7) is 3.47. The van der Waals surface area contributed by atoms with E-state index in [0.29, 0.717) is 9.90 Å². The van der Waals surface area contributed by atoms with Crippen LogP contribution in [-0.4, -0.2) is 23.2 Å². The highest BCUT2D eigenvalue weighted by atomic mass is 35.5. The van der Waals surface area contributed by atoms with E-state index in [2.05, 4.69) is 5.32 Å². The Labute approximate surface area is 116 Å². The minimum atomic E-state index is -0.620. The number of carbonyl (C=O) groups is 1. The summed E-state index contributed by atoms with van der Waals surface area (Å²) in [5.41, 5.74) is 0.533. The van der Waals surface area contributed by atoms with Gasteiger partial charge in [0.1, 0.15) is 4.88 Å². The zero-order valence-corrected chi connectivity index (χ0v) is 12.2. The highest BCUT2D eigenvalue weighted by molar-refractivity contribution is 7.15. The molecule has 1 aromatic rings. The number of halogens is 1. The molecule has 18 heavy (non-hydrogen) atoms. The molecular formula is C13H18ClNO2S. The van der Waals surface area contributed by atoms with E-state index in [1.165, 1.54) is 22.6 Å². The van der Waals surface area contributed by atoms with Gasteiger partial charge >= 0.3 is 0 Å². The summed E-state index contributed by atoms with van der Waals surface area (Å²) in [5, 5.41) is 12.6. The zero-order valence-electron chi connectivity index (χ0n) is 10.7. The average Bonchev–Trinajstić information content (AvgIpc) is 2.67. The van der Waals surface area contributed by atoms with Crippen LogP contribution in [0.4, 0.5) is 0 Å². The van der Waals surface area contributed by atoms with Gasteiger partial charge in [-0.1, -0.05) is 11.6 Å². The second-order valence-corrected chi connectivity index (χ2v) is 6.83. The second kappa shape index (κ2) is 5.19. The number of aliphatic hydroxyl groups is 1. The molecule has 1 heterocycles. The predicted octanol–water partition coefficient (Wildman–Crippen LogP) is 2.78. The van der Waals surface area contributed by atoms with Crippen molar-refractivity contribution in [2.24, 2.45) is 0 Å². The van der Waals surface area contributed by atoms with Gasteiger partial charge in [-0.2, -0.15) is 0 Å². The first kappa shape index (κ1) is 13.8. The van der Waals surface area contributed by atoms with Gasteiger partial charge in [0.25, 0.3) is 5.91 Å². The van der Waals surface area contributed by atoms with Crippen LogP contribution in [0.2, 0.25) is 5.02 Å². The average molecular weight is 288 g/mol. The number of aliphatic hydroxyl groups excluding tert-OH is 1. The van der Waals surface area contributed by atoms with Crippen LogP contribution in [0.25, 0.3) is 0 Å². The molecule has 0 spiro atoms. The molecule has 2 N–H and O–H groups in total. The predicted molar refractivity (Wildman–Crippen MR) is 74.6 cm³/mol. The highest BCUT2D eigenvalue weighted by Gasteiger charge is 2.26. The van der Waals surface area contributed by atoms with E-state index in [9.17, 15) is 9.90 Å². The van der Waals surface area contributed by atoms with Crippen molar-refractivity contribution < 1.29 is 9.90 Å². The molecule has 0 fully saturated rings. The minimum absolute atomic E-state index is 0.0958. The van der Waals surface area contributed by atoms with Gasteiger partial charge in [0.2, 0.25) is 0 Å². The first-order valence-corrected chi connectivity index (χ1v) is 7.37. The van der Waals surface area contributed by atoms with Crippen molar-refractivity contribution >= 4 is 28.8 Å². The largest absolute Gasteiger partial charge is 0.394 e. The van der Waals surface area contributed by atoms with Crippen molar-refractivity contribution in [3.05, 3.63) is 20.3 Å². The molecule has 2 rings (SSSR count). The molecular weight excluding hydrogens is 270 g/mol. The molecule has 0 aliphatic heterocycles. The fourth-order valence-corrected chi connectivity index (χ4v) is 3.72. The molecule has 1 aromatic heterocycles. The number of aryl methyl sites for hydroxylation is 1. The number of amides is 1. The van der Waals surface area contributed by atoms with Crippen LogP contribution in [0.1, 0.15) is 46.8 Å². The SMILES string of the molecule is CC(C)(CO)NC(=O)c1sc2c(c1Cl)CCCC2. The second-order valence-electron chi connectivity index (χ2n) is 5.35. The van der Waals surface area contributed by atoms with E-state index in [4.69, 9.17) is 11.6 Å². The number of carbonyl (C=O) groups excluding carboxylic acids is 1. The Morgan fingerprint density at radius 1 is 1.44 bits per heavy atom. The fourth-order valence-electron chi connectivity index (χ4n) is 2.08. The summed E-state index contributed by atoms with van der Waals surface area (Å²) in [4.78, 5) is 14.0. The third-order valence-corrected chi connectivity index (χ3v) is 4.98. The van der Waals surface area contributed by atoms with Gasteiger partial charge in [-0.15, -0.1) is 11.3 Å². The van der Waals surface area contributed by atoms with Crippen molar-refractivity contribution in [3.63, 3.8) is 0 Å². The molecule has 5 heteroatoms. The maximum atomic E-state index is 12.2. The Bertz CT molecular complexity index is 468. The maximum absolute atomic E-state index is 12.2. The molecule has 0 bridgehead atoms. The first-order chi connectivity index (χ1) is 8.44. The van der Waals surface area contributed by atoms with Crippen molar-refractivity contribution in [2.45, 2.75) is 45.1 Å². The topological polar surface area (TPSA) is 49.3 Å². The van der Waals surface area contributed by atoms with Gasteiger partial charge in [-0.25, -0.2) is 0 Å². The highest BCUT2D eigenvalue weighted by Crippen LogP contribution is 2.37. The fraction of sp³-hybridized carbons (Fsp3) is 0.615. The van der Waals surface area contributed by atoms with Crippen LogP contribution in [-0.2, 0) is 12.8 Å². The molecule has 1 aliphatic carbocycles. The summed E-state index contributed by atoms with van der Waals surface area (Å²) < 4.78 is 0. The van der Waals surface area contributed by atoms with E-state index in [0.717, 1.165) is 24.8 Å². The van der Waals surface area contributed by atoms with E-state index in [-0.39, 0.29) is 12.5 Å². The van der Waals surface area contributed by atoms with E-state index < -0.39 is 5.54 Å². The maximum Gasteiger partial charge on any atom is 0.263 e. The smallest absolute Gasteiger partial charge is 0.263 e. The Morgan fingerprint density at radius 3 is 2.72 bits per heavy atom. The molecule has 100 valence electrons. The number of hydrogen-bond acceptors (Lipinski definition) is 3. The molecule has 0 radical (unpaired) electrons. The molecule has 3 nitrogen and oxygen atoms in total. The molecule has 0 atom stereocenters. The van der Waals surface area contributed by atoms with Crippen LogP contribution in [0.15, 0.2) is 0 Å². The molecule has 0 unspecified atom stereocenters. The zero-order chi connectivity index (χ0) is 13.3. The molecule has 1 amide bonds. The van der Waals surface area contributed by atoms with Crippen LogP contribution in [0, 0.1) is 0 Å². The lowest BCUT2D eigenvalue weighted by atomic mass is 9.99. The van der Waals surface area contributed by atoms with Crippen LogP contribution in [0.3, 0.4) is 0 Å². The number of hydrogen-bond donors (Lipinski definition) is 2. The van der Waals surface area contributed by atoms with Gasteiger partial charge in [0.15, 0.2) is 0 Å². The minimum Gasteiger partial charge on any atom is -0.394 e. The van der Waals surface area contributed by atoms with Crippen molar-refractivity contribution in [3.8, 4) is 0 Å². The summed E-state index contributed by atoms with van der Waals surface area (Å²) in [7, 11) is 0. The number of fused-ring (bicyclic) bond motifs is 1.